The average molecular weight is 236 g/mol. The molecule has 17 heavy (non-hydrogen) atoms. The molecule has 3 heteroatoms. The molecule has 3 nitrogen and oxygen atoms in total. The van der Waals surface area contributed by atoms with Gasteiger partial charge in [0, 0.05) is 6.42 Å². The van der Waals surface area contributed by atoms with Crippen molar-refractivity contribution < 1.29 is 15.0 Å². The van der Waals surface area contributed by atoms with E-state index in [0.29, 0.717) is 12.8 Å². The molecule has 0 aliphatic heterocycles. The highest BCUT2D eigenvalue weighted by atomic mass is 16.4. The highest BCUT2D eigenvalue weighted by Crippen LogP contribution is 2.26. The second-order valence-electron chi connectivity index (χ2n) is 4.61. The lowest BCUT2D eigenvalue weighted by molar-refractivity contribution is -0.137. The zero-order valence-corrected chi connectivity index (χ0v) is 10.7. The minimum absolute atomic E-state index is 0.112. The number of benzene rings is 1. The quantitative estimate of drug-likeness (QED) is 0.826. The summed E-state index contributed by atoms with van der Waals surface area (Å²) in [4.78, 5) is 10.4. The summed E-state index contributed by atoms with van der Waals surface area (Å²) in [6.07, 6.45) is 0.552. The van der Waals surface area contributed by atoms with Crippen LogP contribution in [0.4, 0.5) is 0 Å². The Morgan fingerprint density at radius 2 is 1.76 bits per heavy atom. The first kappa shape index (κ1) is 13.7. The van der Waals surface area contributed by atoms with Crippen LogP contribution in [0.1, 0.15) is 47.6 Å². The summed E-state index contributed by atoms with van der Waals surface area (Å²) >= 11 is 0. The van der Waals surface area contributed by atoms with Gasteiger partial charge in [-0.25, -0.2) is 0 Å². The number of rotatable bonds is 5. The highest BCUT2D eigenvalue weighted by Gasteiger charge is 2.14. The number of carboxylic acid groups (broad SMARTS) is 1. The maximum absolute atomic E-state index is 10.4. The van der Waals surface area contributed by atoms with Gasteiger partial charge in [0.15, 0.2) is 0 Å². The zero-order chi connectivity index (χ0) is 13.0. The predicted octanol–water partition coefficient (Wildman–Crippen LogP) is 2.90. The van der Waals surface area contributed by atoms with E-state index in [-0.39, 0.29) is 6.42 Å². The van der Waals surface area contributed by atoms with Crippen LogP contribution in [0, 0.1) is 20.8 Å². The second kappa shape index (κ2) is 5.82. The Bertz CT molecular complexity index is 387. The van der Waals surface area contributed by atoms with Gasteiger partial charge in [0.05, 0.1) is 6.10 Å². The van der Waals surface area contributed by atoms with E-state index < -0.39 is 12.1 Å². The van der Waals surface area contributed by atoms with E-state index >= 15 is 0 Å². The summed E-state index contributed by atoms with van der Waals surface area (Å²) in [5, 5.41) is 18.7. The minimum Gasteiger partial charge on any atom is -0.481 e. The van der Waals surface area contributed by atoms with Crippen molar-refractivity contribution in [2.45, 2.75) is 46.1 Å². The SMILES string of the molecule is Cc1cc(C)c(C(O)CCCC(=O)O)c(C)c1. The summed E-state index contributed by atoms with van der Waals surface area (Å²) in [6.45, 7) is 5.99. The Morgan fingerprint density at radius 1 is 1.24 bits per heavy atom. The average Bonchev–Trinajstić information content (AvgIpc) is 2.14. The number of hydrogen-bond acceptors (Lipinski definition) is 2. The maximum Gasteiger partial charge on any atom is 0.303 e. The standard InChI is InChI=1S/C14H20O3/c1-9-7-10(2)14(11(3)8-9)12(15)5-4-6-13(16)17/h7-8,12,15H,4-6H2,1-3H3,(H,16,17). The van der Waals surface area contributed by atoms with Crippen molar-refractivity contribution in [3.63, 3.8) is 0 Å². The zero-order valence-electron chi connectivity index (χ0n) is 10.7. The molecule has 0 aliphatic rings. The van der Waals surface area contributed by atoms with Gasteiger partial charge in [-0.3, -0.25) is 4.79 Å². The Labute approximate surface area is 102 Å². The normalized spacial score (nSPS) is 12.5. The van der Waals surface area contributed by atoms with Crippen molar-refractivity contribution in [2.75, 3.05) is 0 Å². The number of aliphatic carboxylic acids is 1. The van der Waals surface area contributed by atoms with Crippen LogP contribution in [0.5, 0.6) is 0 Å². The second-order valence-corrected chi connectivity index (χ2v) is 4.61. The number of hydrogen-bond donors (Lipinski definition) is 2. The molecular weight excluding hydrogens is 216 g/mol. The monoisotopic (exact) mass is 236 g/mol. The van der Waals surface area contributed by atoms with Gasteiger partial charge in [-0.05, 0) is 50.3 Å². The van der Waals surface area contributed by atoms with Gasteiger partial charge in [0.25, 0.3) is 0 Å². The van der Waals surface area contributed by atoms with Gasteiger partial charge in [-0.2, -0.15) is 0 Å². The Balaban J connectivity index is 2.75. The molecule has 0 fully saturated rings. The smallest absolute Gasteiger partial charge is 0.303 e. The van der Waals surface area contributed by atoms with Gasteiger partial charge < -0.3 is 10.2 Å². The van der Waals surface area contributed by atoms with Gasteiger partial charge in [-0.1, -0.05) is 17.7 Å². The predicted molar refractivity (Wildman–Crippen MR) is 67.1 cm³/mol. The molecule has 1 aromatic carbocycles. The summed E-state index contributed by atoms with van der Waals surface area (Å²) < 4.78 is 0. The van der Waals surface area contributed by atoms with Crippen LogP contribution in [-0.4, -0.2) is 16.2 Å². The van der Waals surface area contributed by atoms with Crippen LogP contribution in [0.15, 0.2) is 12.1 Å². The van der Waals surface area contributed by atoms with Gasteiger partial charge in [0.2, 0.25) is 0 Å². The van der Waals surface area contributed by atoms with Crippen molar-refractivity contribution in [1.82, 2.24) is 0 Å². The first-order valence-corrected chi connectivity index (χ1v) is 5.89. The van der Waals surface area contributed by atoms with Crippen molar-refractivity contribution in [3.8, 4) is 0 Å². The molecular formula is C14H20O3. The number of aryl methyl sites for hydroxylation is 3. The molecule has 94 valence electrons. The van der Waals surface area contributed by atoms with Crippen LogP contribution in [0.2, 0.25) is 0 Å². The number of aliphatic hydroxyl groups excluding tert-OH is 1. The first-order chi connectivity index (χ1) is 7.91. The molecule has 1 rings (SSSR count). The third kappa shape index (κ3) is 3.86. The number of carbonyl (C=O) groups is 1. The van der Waals surface area contributed by atoms with Crippen LogP contribution >= 0.6 is 0 Å². The van der Waals surface area contributed by atoms with E-state index in [0.717, 1.165) is 16.7 Å². The summed E-state index contributed by atoms with van der Waals surface area (Å²) in [5.41, 5.74) is 4.28. The number of carboxylic acids is 1. The fourth-order valence-electron chi connectivity index (χ4n) is 2.31. The molecule has 0 bridgehead atoms. The van der Waals surface area contributed by atoms with Crippen LogP contribution in [0.3, 0.4) is 0 Å². The van der Waals surface area contributed by atoms with E-state index in [2.05, 4.69) is 0 Å². The fraction of sp³-hybridized carbons (Fsp3) is 0.500. The van der Waals surface area contributed by atoms with E-state index in [1.54, 1.807) is 0 Å². The molecule has 0 saturated carbocycles. The van der Waals surface area contributed by atoms with E-state index in [1.807, 2.05) is 32.9 Å². The highest BCUT2D eigenvalue weighted by molar-refractivity contribution is 5.66. The van der Waals surface area contributed by atoms with E-state index in [4.69, 9.17) is 5.11 Å². The summed E-state index contributed by atoms with van der Waals surface area (Å²) in [6, 6.07) is 4.09. The molecule has 0 amide bonds. The molecule has 2 N–H and O–H groups in total. The third-order valence-electron chi connectivity index (χ3n) is 2.94. The van der Waals surface area contributed by atoms with Crippen molar-refractivity contribution in [2.24, 2.45) is 0 Å². The summed E-state index contributed by atoms with van der Waals surface area (Å²) in [5.74, 6) is -0.811. The maximum atomic E-state index is 10.4. The number of aliphatic hydroxyl groups is 1. The topological polar surface area (TPSA) is 57.5 Å². The molecule has 0 saturated heterocycles. The lowest BCUT2D eigenvalue weighted by Gasteiger charge is -2.17. The van der Waals surface area contributed by atoms with Gasteiger partial charge in [-0.15, -0.1) is 0 Å². The molecule has 0 radical (unpaired) electrons. The third-order valence-corrected chi connectivity index (χ3v) is 2.94. The Kier molecular flexibility index (Phi) is 4.70. The Morgan fingerprint density at radius 3 is 2.24 bits per heavy atom. The van der Waals surface area contributed by atoms with Crippen LogP contribution in [0.25, 0.3) is 0 Å². The molecule has 0 heterocycles. The lowest BCUT2D eigenvalue weighted by Crippen LogP contribution is -2.05. The van der Waals surface area contributed by atoms with Crippen LogP contribution in [-0.2, 0) is 4.79 Å². The molecule has 1 unspecified atom stereocenters. The largest absolute Gasteiger partial charge is 0.481 e. The Hall–Kier alpha value is -1.35. The van der Waals surface area contributed by atoms with Crippen molar-refractivity contribution in [1.29, 1.82) is 0 Å². The van der Waals surface area contributed by atoms with E-state index in [1.165, 1.54) is 5.56 Å². The van der Waals surface area contributed by atoms with Gasteiger partial charge >= 0.3 is 5.97 Å². The van der Waals surface area contributed by atoms with Crippen molar-refractivity contribution >= 4 is 5.97 Å². The minimum atomic E-state index is -0.811. The van der Waals surface area contributed by atoms with Gasteiger partial charge in [0.1, 0.15) is 0 Å². The molecule has 0 aromatic heterocycles. The molecule has 0 spiro atoms. The molecule has 1 atom stereocenters. The van der Waals surface area contributed by atoms with Crippen LogP contribution < -0.4 is 0 Å². The molecule has 0 aliphatic carbocycles. The molecule has 1 aromatic rings. The van der Waals surface area contributed by atoms with Crippen molar-refractivity contribution in [3.05, 3.63) is 34.4 Å². The fourth-order valence-corrected chi connectivity index (χ4v) is 2.31. The lowest BCUT2D eigenvalue weighted by atomic mass is 9.93. The first-order valence-electron chi connectivity index (χ1n) is 5.89. The summed E-state index contributed by atoms with van der Waals surface area (Å²) in [7, 11) is 0. The van der Waals surface area contributed by atoms with E-state index in [9.17, 15) is 9.90 Å².